The molecule has 2 aromatic rings. The molecule has 0 saturated carbocycles. The van der Waals surface area contributed by atoms with Crippen molar-refractivity contribution < 1.29 is 9.47 Å². The van der Waals surface area contributed by atoms with E-state index in [-0.39, 0.29) is 0 Å². The number of hydrogen-bond donors (Lipinski definition) is 1. The van der Waals surface area contributed by atoms with Gasteiger partial charge in [0, 0.05) is 11.0 Å². The topological polar surface area (TPSA) is 44.5 Å². The number of rotatable bonds is 6. The molecule has 0 amide bonds. The summed E-state index contributed by atoms with van der Waals surface area (Å²) in [4.78, 5) is 0. The molecule has 0 heterocycles. The van der Waals surface area contributed by atoms with Crippen LogP contribution >= 0.6 is 15.9 Å². The highest BCUT2D eigenvalue weighted by atomic mass is 79.9. The first kappa shape index (κ1) is 15.9. The predicted octanol–water partition coefficient (Wildman–Crippen LogP) is 3.98. The molecule has 0 radical (unpaired) electrons. The van der Waals surface area contributed by atoms with Crippen molar-refractivity contribution in [2.45, 2.75) is 20.4 Å². The molecule has 0 aliphatic heterocycles. The van der Waals surface area contributed by atoms with Gasteiger partial charge in [0.25, 0.3) is 0 Å². The van der Waals surface area contributed by atoms with Crippen LogP contribution in [0.2, 0.25) is 0 Å². The molecule has 0 aliphatic rings. The van der Waals surface area contributed by atoms with Crippen LogP contribution in [-0.4, -0.2) is 13.2 Å². The van der Waals surface area contributed by atoms with Gasteiger partial charge in [0.15, 0.2) is 0 Å². The van der Waals surface area contributed by atoms with Crippen molar-refractivity contribution in [3.63, 3.8) is 0 Å². The number of aryl methyl sites for hydroxylation is 2. The van der Waals surface area contributed by atoms with Crippen LogP contribution in [0.15, 0.2) is 40.9 Å². The molecule has 0 spiro atoms. The van der Waals surface area contributed by atoms with Crippen LogP contribution in [0.3, 0.4) is 0 Å². The summed E-state index contributed by atoms with van der Waals surface area (Å²) < 4.78 is 12.5. The van der Waals surface area contributed by atoms with Gasteiger partial charge in [-0.3, -0.25) is 0 Å². The molecule has 112 valence electrons. The molecule has 0 saturated heterocycles. The van der Waals surface area contributed by atoms with Crippen LogP contribution in [0.4, 0.5) is 0 Å². The van der Waals surface area contributed by atoms with Crippen molar-refractivity contribution in [1.29, 1.82) is 0 Å². The minimum atomic E-state index is 0.513. The van der Waals surface area contributed by atoms with Gasteiger partial charge in [-0.2, -0.15) is 0 Å². The Bertz CT molecular complexity index is 573. The van der Waals surface area contributed by atoms with Gasteiger partial charge in [0.2, 0.25) is 0 Å². The normalized spacial score (nSPS) is 10.5. The Labute approximate surface area is 134 Å². The summed E-state index contributed by atoms with van der Waals surface area (Å²) in [7, 11) is 0. The van der Waals surface area contributed by atoms with E-state index in [9.17, 15) is 0 Å². The Balaban J connectivity index is 1.87. The van der Waals surface area contributed by atoms with Crippen molar-refractivity contribution in [2.24, 2.45) is 5.73 Å². The smallest absolute Gasteiger partial charge is 0.125 e. The molecule has 4 heteroatoms. The lowest BCUT2D eigenvalue weighted by Crippen LogP contribution is -2.10. The highest BCUT2D eigenvalue weighted by Gasteiger charge is 2.06. The second-order valence-corrected chi connectivity index (χ2v) is 5.83. The molecule has 2 N–H and O–H groups in total. The third-order valence-electron chi connectivity index (χ3n) is 3.17. The highest BCUT2D eigenvalue weighted by molar-refractivity contribution is 9.10. The Morgan fingerprint density at radius 1 is 0.952 bits per heavy atom. The standard InChI is InChI=1S/C17H20BrNO2/c1-12-9-14(11-19)10-13(2)17(12)21-8-7-20-16-5-3-15(18)4-6-16/h3-6,9-10H,7-8,11,19H2,1-2H3. The van der Waals surface area contributed by atoms with Gasteiger partial charge in [-0.1, -0.05) is 28.1 Å². The maximum atomic E-state index is 5.84. The van der Waals surface area contributed by atoms with E-state index < -0.39 is 0 Å². The zero-order chi connectivity index (χ0) is 15.2. The number of hydrogen-bond acceptors (Lipinski definition) is 3. The van der Waals surface area contributed by atoms with Gasteiger partial charge < -0.3 is 15.2 Å². The van der Waals surface area contributed by atoms with Crippen molar-refractivity contribution in [2.75, 3.05) is 13.2 Å². The summed E-state index contributed by atoms with van der Waals surface area (Å²) >= 11 is 3.40. The molecule has 0 aliphatic carbocycles. The second-order valence-electron chi connectivity index (χ2n) is 4.91. The van der Waals surface area contributed by atoms with Crippen LogP contribution < -0.4 is 15.2 Å². The van der Waals surface area contributed by atoms with Gasteiger partial charge in [0.05, 0.1) is 0 Å². The molecule has 0 bridgehead atoms. The summed E-state index contributed by atoms with van der Waals surface area (Å²) in [6, 6.07) is 11.9. The van der Waals surface area contributed by atoms with E-state index in [2.05, 4.69) is 28.1 Å². The lowest BCUT2D eigenvalue weighted by Gasteiger charge is -2.14. The van der Waals surface area contributed by atoms with E-state index in [0.717, 1.165) is 32.7 Å². The molecular weight excluding hydrogens is 330 g/mol. The van der Waals surface area contributed by atoms with Crippen molar-refractivity contribution in [3.05, 3.63) is 57.6 Å². The number of ether oxygens (including phenoxy) is 2. The Kier molecular flexibility index (Phi) is 5.65. The van der Waals surface area contributed by atoms with Gasteiger partial charge in [-0.15, -0.1) is 0 Å². The minimum Gasteiger partial charge on any atom is -0.490 e. The maximum Gasteiger partial charge on any atom is 0.125 e. The van der Waals surface area contributed by atoms with Crippen LogP contribution in [0, 0.1) is 13.8 Å². The summed E-state index contributed by atoms with van der Waals surface area (Å²) in [6.45, 7) is 5.65. The number of nitrogens with two attached hydrogens (primary N) is 1. The van der Waals surface area contributed by atoms with Crippen LogP contribution in [-0.2, 0) is 6.54 Å². The lowest BCUT2D eigenvalue weighted by molar-refractivity contribution is 0.215. The summed E-state index contributed by atoms with van der Waals surface area (Å²) in [5, 5.41) is 0. The van der Waals surface area contributed by atoms with E-state index in [1.165, 1.54) is 0 Å². The first-order valence-electron chi connectivity index (χ1n) is 6.91. The lowest BCUT2D eigenvalue weighted by atomic mass is 10.1. The average Bonchev–Trinajstić information content (AvgIpc) is 2.47. The van der Waals surface area contributed by atoms with Gasteiger partial charge in [-0.25, -0.2) is 0 Å². The molecular formula is C17H20BrNO2. The Morgan fingerprint density at radius 3 is 2.10 bits per heavy atom. The molecule has 2 aromatic carbocycles. The summed E-state index contributed by atoms with van der Waals surface area (Å²) in [6.07, 6.45) is 0. The molecule has 0 unspecified atom stereocenters. The van der Waals surface area contributed by atoms with E-state index >= 15 is 0 Å². The Morgan fingerprint density at radius 2 is 1.52 bits per heavy atom. The van der Waals surface area contributed by atoms with E-state index in [4.69, 9.17) is 15.2 Å². The summed E-state index contributed by atoms with van der Waals surface area (Å²) in [5.41, 5.74) is 9.02. The molecule has 0 aromatic heterocycles. The molecule has 2 rings (SSSR count). The van der Waals surface area contributed by atoms with E-state index in [1.807, 2.05) is 38.1 Å². The maximum absolute atomic E-state index is 5.84. The largest absolute Gasteiger partial charge is 0.490 e. The monoisotopic (exact) mass is 349 g/mol. The third-order valence-corrected chi connectivity index (χ3v) is 3.70. The van der Waals surface area contributed by atoms with Crippen molar-refractivity contribution in [1.82, 2.24) is 0 Å². The van der Waals surface area contributed by atoms with Crippen LogP contribution in [0.1, 0.15) is 16.7 Å². The fourth-order valence-electron chi connectivity index (χ4n) is 2.22. The molecule has 3 nitrogen and oxygen atoms in total. The average molecular weight is 350 g/mol. The first-order chi connectivity index (χ1) is 10.1. The van der Waals surface area contributed by atoms with E-state index in [0.29, 0.717) is 19.8 Å². The molecule has 0 fully saturated rings. The Hall–Kier alpha value is -1.52. The van der Waals surface area contributed by atoms with Gasteiger partial charge in [0.1, 0.15) is 24.7 Å². The zero-order valence-electron chi connectivity index (χ0n) is 12.4. The fraction of sp³-hybridized carbons (Fsp3) is 0.294. The quantitative estimate of drug-likeness (QED) is 0.802. The first-order valence-corrected chi connectivity index (χ1v) is 7.71. The van der Waals surface area contributed by atoms with Gasteiger partial charge >= 0.3 is 0 Å². The fourth-order valence-corrected chi connectivity index (χ4v) is 2.48. The van der Waals surface area contributed by atoms with Crippen LogP contribution in [0.25, 0.3) is 0 Å². The highest BCUT2D eigenvalue weighted by Crippen LogP contribution is 2.24. The van der Waals surface area contributed by atoms with Crippen LogP contribution in [0.5, 0.6) is 11.5 Å². The van der Waals surface area contributed by atoms with Crippen molar-refractivity contribution >= 4 is 15.9 Å². The molecule has 21 heavy (non-hydrogen) atoms. The minimum absolute atomic E-state index is 0.513. The third kappa shape index (κ3) is 4.48. The number of benzene rings is 2. The van der Waals surface area contributed by atoms with Crippen molar-refractivity contribution in [3.8, 4) is 11.5 Å². The zero-order valence-corrected chi connectivity index (χ0v) is 13.9. The number of halogens is 1. The second kappa shape index (κ2) is 7.48. The molecule has 0 atom stereocenters. The predicted molar refractivity (Wildman–Crippen MR) is 88.9 cm³/mol. The van der Waals surface area contributed by atoms with E-state index in [1.54, 1.807) is 0 Å². The summed E-state index contributed by atoms with van der Waals surface area (Å²) in [5.74, 6) is 1.76. The van der Waals surface area contributed by atoms with Gasteiger partial charge in [-0.05, 0) is 54.8 Å². The SMILES string of the molecule is Cc1cc(CN)cc(C)c1OCCOc1ccc(Br)cc1.